The van der Waals surface area contributed by atoms with Gasteiger partial charge < -0.3 is 9.13 Å². The van der Waals surface area contributed by atoms with Crippen molar-refractivity contribution in [1.29, 1.82) is 15.8 Å². The van der Waals surface area contributed by atoms with Crippen molar-refractivity contribution < 1.29 is 0 Å². The minimum atomic E-state index is 0.551. The topological polar surface area (TPSA) is 81.2 Å². The monoisotopic (exact) mass is 635 g/mol. The van der Waals surface area contributed by atoms with Crippen LogP contribution >= 0.6 is 0 Å². The first-order valence-corrected chi connectivity index (χ1v) is 16.3. The Hall–Kier alpha value is -7.39. The highest BCUT2D eigenvalue weighted by Crippen LogP contribution is 2.39. The summed E-state index contributed by atoms with van der Waals surface area (Å²) in [6.45, 7) is 0. The Morgan fingerprint density at radius 2 is 1.00 bits per heavy atom. The van der Waals surface area contributed by atoms with Gasteiger partial charge >= 0.3 is 0 Å². The van der Waals surface area contributed by atoms with Crippen molar-refractivity contribution in [2.75, 3.05) is 0 Å². The zero-order chi connectivity index (χ0) is 33.8. The standard InChI is InChI=1S/C45H25N5/c46-26-29-16-22-43-40(23-29)38-11-2-3-13-41(38)49(43)35-19-17-31(18-20-35)32-7-5-8-33(25-32)36-12-6-9-34(28-48)45(36)50-42-14-4-1-10-37(42)39-21-15-30(27-47)24-44(39)50/h1-25H. The van der Waals surface area contributed by atoms with E-state index in [4.69, 9.17) is 0 Å². The molecule has 0 aliphatic carbocycles. The predicted octanol–water partition coefficient (Wildman–Crippen LogP) is 10.8. The van der Waals surface area contributed by atoms with Gasteiger partial charge in [0.15, 0.2) is 0 Å². The number of para-hydroxylation sites is 3. The lowest BCUT2D eigenvalue weighted by Crippen LogP contribution is -2.01. The van der Waals surface area contributed by atoms with Gasteiger partial charge in [-0.1, -0.05) is 84.9 Å². The molecule has 0 aliphatic rings. The van der Waals surface area contributed by atoms with Crippen LogP contribution in [0.15, 0.2) is 152 Å². The summed E-state index contributed by atoms with van der Waals surface area (Å²) in [5.41, 5.74) is 11.6. The molecule has 0 radical (unpaired) electrons. The molecular weight excluding hydrogens is 611 g/mol. The van der Waals surface area contributed by atoms with Crippen molar-refractivity contribution in [1.82, 2.24) is 9.13 Å². The second-order valence-corrected chi connectivity index (χ2v) is 12.3. The Bertz CT molecular complexity index is 2960. The molecule has 5 heteroatoms. The highest BCUT2D eigenvalue weighted by atomic mass is 15.0. The average molecular weight is 636 g/mol. The maximum absolute atomic E-state index is 10.4. The van der Waals surface area contributed by atoms with Crippen molar-refractivity contribution in [2.24, 2.45) is 0 Å². The van der Waals surface area contributed by atoms with Gasteiger partial charge in [0, 0.05) is 32.8 Å². The van der Waals surface area contributed by atoms with Crippen molar-refractivity contribution >= 4 is 43.6 Å². The SMILES string of the molecule is N#Cc1ccc2c(c1)c1ccccc1n2-c1ccc(-c2cccc(-c3cccc(C#N)c3-n3c4ccccc4c4ccc(C#N)cc43)c2)cc1. The minimum absolute atomic E-state index is 0.551. The lowest BCUT2D eigenvalue weighted by atomic mass is 9.96. The van der Waals surface area contributed by atoms with Crippen molar-refractivity contribution in [2.45, 2.75) is 0 Å². The van der Waals surface area contributed by atoms with Gasteiger partial charge in [0.05, 0.1) is 56.6 Å². The summed E-state index contributed by atoms with van der Waals surface area (Å²) >= 11 is 0. The molecule has 9 rings (SSSR count). The Balaban J connectivity index is 1.18. The van der Waals surface area contributed by atoms with E-state index in [0.29, 0.717) is 16.7 Å². The summed E-state index contributed by atoms with van der Waals surface area (Å²) in [5.74, 6) is 0. The van der Waals surface area contributed by atoms with Crippen molar-refractivity contribution in [3.63, 3.8) is 0 Å². The lowest BCUT2D eigenvalue weighted by molar-refractivity contribution is 1.17. The molecule has 0 unspecified atom stereocenters. The molecule has 2 aromatic heterocycles. The molecule has 0 aliphatic heterocycles. The summed E-state index contributed by atoms with van der Waals surface area (Å²) < 4.78 is 4.38. The molecule has 0 saturated carbocycles. The molecule has 9 aromatic rings. The van der Waals surface area contributed by atoms with E-state index in [0.717, 1.165) is 77.2 Å². The van der Waals surface area contributed by atoms with Crippen LogP contribution in [0.3, 0.4) is 0 Å². The third-order valence-electron chi connectivity index (χ3n) is 9.62. The van der Waals surface area contributed by atoms with Crippen LogP contribution in [0.1, 0.15) is 16.7 Å². The van der Waals surface area contributed by atoms with Crippen molar-refractivity contribution in [3.05, 3.63) is 168 Å². The van der Waals surface area contributed by atoms with Gasteiger partial charge in [0.1, 0.15) is 6.07 Å². The third kappa shape index (κ3) is 4.38. The van der Waals surface area contributed by atoms with Crippen LogP contribution in [-0.4, -0.2) is 9.13 Å². The number of hydrogen-bond acceptors (Lipinski definition) is 3. The fourth-order valence-electron chi connectivity index (χ4n) is 7.38. The van der Waals surface area contributed by atoms with E-state index >= 15 is 0 Å². The Kier molecular flexibility index (Phi) is 6.56. The molecule has 0 saturated heterocycles. The first-order chi connectivity index (χ1) is 24.7. The van der Waals surface area contributed by atoms with E-state index in [1.54, 1.807) is 0 Å². The highest BCUT2D eigenvalue weighted by molar-refractivity contribution is 6.11. The van der Waals surface area contributed by atoms with E-state index < -0.39 is 0 Å². The predicted molar refractivity (Wildman–Crippen MR) is 200 cm³/mol. The summed E-state index contributed by atoms with van der Waals surface area (Å²) in [5, 5.41) is 34.0. The number of rotatable bonds is 4. The number of nitriles is 3. The molecule has 0 fully saturated rings. The largest absolute Gasteiger partial charge is 0.309 e. The number of hydrogen-bond donors (Lipinski definition) is 0. The Morgan fingerprint density at radius 1 is 0.380 bits per heavy atom. The highest BCUT2D eigenvalue weighted by Gasteiger charge is 2.20. The summed E-state index contributed by atoms with van der Waals surface area (Å²) in [4.78, 5) is 0. The molecule has 0 N–H and O–H groups in total. The maximum atomic E-state index is 10.4. The third-order valence-corrected chi connectivity index (χ3v) is 9.62. The number of benzene rings is 7. The molecule has 0 amide bonds. The number of aromatic nitrogens is 2. The van der Waals surface area contributed by atoms with Gasteiger partial charge in [-0.15, -0.1) is 0 Å². The fraction of sp³-hybridized carbons (Fsp3) is 0. The molecular formula is C45H25N5. The van der Waals surface area contributed by atoms with E-state index in [1.807, 2.05) is 72.8 Å². The van der Waals surface area contributed by atoms with Gasteiger partial charge in [-0.3, -0.25) is 0 Å². The quantitative estimate of drug-likeness (QED) is 0.193. The van der Waals surface area contributed by atoms with Crippen LogP contribution in [0.4, 0.5) is 0 Å². The fourth-order valence-corrected chi connectivity index (χ4v) is 7.38. The number of nitrogens with zero attached hydrogens (tertiary/aromatic N) is 5. The van der Waals surface area contributed by atoms with Gasteiger partial charge in [0.25, 0.3) is 0 Å². The molecule has 7 aromatic carbocycles. The smallest absolute Gasteiger partial charge is 0.101 e. The zero-order valence-electron chi connectivity index (χ0n) is 26.7. The summed E-state index contributed by atoms with van der Waals surface area (Å²) in [6, 6.07) is 57.9. The number of fused-ring (bicyclic) bond motifs is 6. The van der Waals surface area contributed by atoms with Gasteiger partial charge in [-0.2, -0.15) is 15.8 Å². The molecule has 0 spiro atoms. The minimum Gasteiger partial charge on any atom is -0.309 e. The van der Waals surface area contributed by atoms with Gasteiger partial charge in [0.2, 0.25) is 0 Å². The molecule has 230 valence electrons. The van der Waals surface area contributed by atoms with Gasteiger partial charge in [-0.05, 0) is 83.4 Å². The van der Waals surface area contributed by atoms with E-state index in [-0.39, 0.29) is 0 Å². The van der Waals surface area contributed by atoms with Crippen LogP contribution in [0.2, 0.25) is 0 Å². The molecule has 2 heterocycles. The van der Waals surface area contributed by atoms with Crippen LogP contribution in [0, 0.1) is 34.0 Å². The lowest BCUT2D eigenvalue weighted by Gasteiger charge is -2.16. The first-order valence-electron chi connectivity index (χ1n) is 16.3. The summed E-state index contributed by atoms with van der Waals surface area (Å²) in [7, 11) is 0. The van der Waals surface area contributed by atoms with E-state index in [2.05, 4.69) is 106 Å². The van der Waals surface area contributed by atoms with Crippen molar-refractivity contribution in [3.8, 4) is 51.8 Å². The normalized spacial score (nSPS) is 11.1. The Morgan fingerprint density at radius 3 is 1.76 bits per heavy atom. The van der Waals surface area contributed by atoms with Crippen LogP contribution in [-0.2, 0) is 0 Å². The summed E-state index contributed by atoms with van der Waals surface area (Å²) in [6.07, 6.45) is 0. The second-order valence-electron chi connectivity index (χ2n) is 12.3. The van der Waals surface area contributed by atoms with E-state index in [1.165, 1.54) is 0 Å². The van der Waals surface area contributed by atoms with Gasteiger partial charge in [-0.25, -0.2) is 0 Å². The molecule has 5 nitrogen and oxygen atoms in total. The van der Waals surface area contributed by atoms with E-state index in [9.17, 15) is 15.8 Å². The molecule has 50 heavy (non-hydrogen) atoms. The second kappa shape index (κ2) is 11.4. The first kappa shape index (κ1) is 28.8. The van der Waals surface area contributed by atoms with Crippen LogP contribution in [0.5, 0.6) is 0 Å². The van der Waals surface area contributed by atoms with Crippen LogP contribution < -0.4 is 0 Å². The Labute approximate surface area is 287 Å². The molecule has 0 bridgehead atoms. The van der Waals surface area contributed by atoms with Crippen LogP contribution in [0.25, 0.3) is 77.2 Å². The average Bonchev–Trinajstić information content (AvgIpc) is 3.69. The zero-order valence-corrected chi connectivity index (χ0v) is 26.7. The molecule has 0 atom stereocenters. The maximum Gasteiger partial charge on any atom is 0.101 e.